The normalized spacial score (nSPS) is 13.8. The Balaban J connectivity index is 2.47. The molecule has 0 aliphatic heterocycles. The lowest BCUT2D eigenvalue weighted by Gasteiger charge is -1.98. The van der Waals surface area contributed by atoms with Crippen molar-refractivity contribution in [3.05, 3.63) is 65.8 Å². The molecule has 0 saturated heterocycles. The fourth-order valence-corrected chi connectivity index (χ4v) is 1.44. The number of aryl methyl sites for hydroxylation is 1. The third-order valence-corrected chi connectivity index (χ3v) is 2.14. The van der Waals surface area contributed by atoms with Crippen molar-refractivity contribution < 1.29 is 0 Å². The summed E-state index contributed by atoms with van der Waals surface area (Å²) in [6.07, 6.45) is 11.3. The molecule has 0 N–H and O–H groups in total. The average molecular weight is 167 g/mol. The van der Waals surface area contributed by atoms with Gasteiger partial charge in [-0.3, -0.25) is 0 Å². The Hall–Kier alpha value is -1.65. The molecule has 13 heavy (non-hydrogen) atoms. The smallest absolute Gasteiger partial charge is 0.0602 e. The summed E-state index contributed by atoms with van der Waals surface area (Å²) in [5.74, 6) is 0. The van der Waals surface area contributed by atoms with Gasteiger partial charge in [-0.15, -0.1) is 0 Å². The predicted molar refractivity (Wildman–Crippen MR) is 56.1 cm³/mol. The molecule has 0 heteroatoms. The summed E-state index contributed by atoms with van der Waals surface area (Å²) < 4.78 is 0. The summed E-state index contributed by atoms with van der Waals surface area (Å²) in [7, 11) is 0. The minimum Gasteiger partial charge on any atom is -0.0602 e. The van der Waals surface area contributed by atoms with Crippen molar-refractivity contribution in [3.8, 4) is 0 Å². The maximum Gasteiger partial charge on any atom is 0.155 e. The van der Waals surface area contributed by atoms with Crippen LogP contribution in [0.5, 0.6) is 0 Å². The molecule has 0 saturated carbocycles. The number of rotatable bonds is 1. The van der Waals surface area contributed by atoms with Crippen LogP contribution in [0.1, 0.15) is 11.1 Å². The molecule has 0 nitrogen and oxygen atoms in total. The van der Waals surface area contributed by atoms with E-state index in [-0.39, 0.29) is 0 Å². The van der Waals surface area contributed by atoms with Crippen LogP contribution in [0.15, 0.2) is 48.6 Å². The molecule has 0 radical (unpaired) electrons. The lowest BCUT2D eigenvalue weighted by Crippen LogP contribution is -1.87. The van der Waals surface area contributed by atoms with Crippen LogP contribution in [-0.2, 0) is 0 Å². The van der Waals surface area contributed by atoms with Crippen molar-refractivity contribution in [2.45, 2.75) is 6.92 Å². The van der Waals surface area contributed by atoms with Gasteiger partial charge in [-0.05, 0) is 24.6 Å². The second-order valence-corrected chi connectivity index (χ2v) is 3.09. The fraction of sp³-hybridized carbons (Fsp3) is 0.0769. The highest BCUT2D eigenvalue weighted by Crippen LogP contribution is 2.20. The third-order valence-electron chi connectivity index (χ3n) is 2.14. The molecule has 2 rings (SSSR count). The first-order valence-corrected chi connectivity index (χ1v) is 4.40. The molecule has 0 amide bonds. The van der Waals surface area contributed by atoms with Gasteiger partial charge in [-0.2, -0.15) is 0 Å². The van der Waals surface area contributed by atoms with Crippen LogP contribution in [0.3, 0.4) is 0 Å². The molecule has 1 aliphatic rings. The van der Waals surface area contributed by atoms with Gasteiger partial charge < -0.3 is 0 Å². The van der Waals surface area contributed by atoms with E-state index in [9.17, 15) is 0 Å². The summed E-state index contributed by atoms with van der Waals surface area (Å²) >= 11 is 0. The molecule has 0 heterocycles. The zero-order chi connectivity index (χ0) is 9.10. The molecule has 1 aliphatic carbocycles. The van der Waals surface area contributed by atoms with E-state index in [0.717, 1.165) is 0 Å². The van der Waals surface area contributed by atoms with Crippen molar-refractivity contribution in [2.24, 2.45) is 0 Å². The highest BCUT2D eigenvalue weighted by Gasteiger charge is 2.09. The Labute approximate surface area is 78.9 Å². The monoisotopic (exact) mass is 167 g/mol. The molecule has 0 spiro atoms. The molecule has 0 bridgehead atoms. The van der Waals surface area contributed by atoms with E-state index in [1.165, 1.54) is 16.7 Å². The van der Waals surface area contributed by atoms with Gasteiger partial charge >= 0.3 is 0 Å². The summed E-state index contributed by atoms with van der Waals surface area (Å²) in [5, 5.41) is 0. The first-order chi connectivity index (χ1) is 6.38. The Morgan fingerprint density at radius 1 is 1.08 bits per heavy atom. The lowest BCUT2D eigenvalue weighted by molar-refractivity contribution is 1.42. The van der Waals surface area contributed by atoms with E-state index in [2.05, 4.69) is 43.3 Å². The summed E-state index contributed by atoms with van der Waals surface area (Å²) in [6, 6.07) is 8.36. The second-order valence-electron chi connectivity index (χ2n) is 3.09. The van der Waals surface area contributed by atoms with E-state index in [4.69, 9.17) is 0 Å². The van der Waals surface area contributed by atoms with Gasteiger partial charge in [0.15, 0.2) is 5.57 Å². The van der Waals surface area contributed by atoms with Gasteiger partial charge in [-0.1, -0.05) is 12.1 Å². The third kappa shape index (κ3) is 1.58. The van der Waals surface area contributed by atoms with Crippen molar-refractivity contribution in [3.63, 3.8) is 0 Å². The van der Waals surface area contributed by atoms with E-state index in [1.807, 2.05) is 18.2 Å². The van der Waals surface area contributed by atoms with Crippen LogP contribution in [0.4, 0.5) is 0 Å². The van der Waals surface area contributed by atoms with Gasteiger partial charge in [0, 0.05) is 24.3 Å². The van der Waals surface area contributed by atoms with E-state index in [0.29, 0.717) is 0 Å². The molecule has 0 atom stereocenters. The quantitative estimate of drug-likeness (QED) is 0.563. The molecular formula is C13H11+. The Morgan fingerprint density at radius 2 is 1.92 bits per heavy atom. The topological polar surface area (TPSA) is 0 Å². The van der Waals surface area contributed by atoms with Crippen LogP contribution >= 0.6 is 0 Å². The van der Waals surface area contributed by atoms with Gasteiger partial charge in [-0.25, -0.2) is 0 Å². The first-order valence-electron chi connectivity index (χ1n) is 4.40. The SMILES string of the molecule is Cc1ccccc1C1=CC=CC=[C+]1. The Morgan fingerprint density at radius 3 is 2.62 bits per heavy atom. The van der Waals surface area contributed by atoms with Crippen LogP contribution in [0.2, 0.25) is 0 Å². The largest absolute Gasteiger partial charge is 0.155 e. The fourth-order valence-electron chi connectivity index (χ4n) is 1.44. The van der Waals surface area contributed by atoms with Crippen LogP contribution in [0.25, 0.3) is 5.57 Å². The first kappa shape index (κ1) is 7.97. The molecule has 1 aromatic rings. The number of hydrogen-bond donors (Lipinski definition) is 0. The van der Waals surface area contributed by atoms with Gasteiger partial charge in [0.25, 0.3) is 0 Å². The number of benzene rings is 1. The summed E-state index contributed by atoms with van der Waals surface area (Å²) in [4.78, 5) is 0. The molecule has 0 unspecified atom stereocenters. The van der Waals surface area contributed by atoms with Gasteiger partial charge in [0.05, 0.1) is 11.6 Å². The van der Waals surface area contributed by atoms with Crippen molar-refractivity contribution in [2.75, 3.05) is 0 Å². The number of hydrogen-bond acceptors (Lipinski definition) is 0. The number of allylic oxidation sites excluding steroid dienone is 6. The zero-order valence-corrected chi connectivity index (χ0v) is 7.62. The van der Waals surface area contributed by atoms with Crippen molar-refractivity contribution in [1.82, 2.24) is 0 Å². The standard InChI is InChI=1S/C13H11/c1-11-7-5-6-10-13(11)12-8-3-2-4-9-12/h2-8,10H,1H3/q+1. The summed E-state index contributed by atoms with van der Waals surface area (Å²) in [6.45, 7) is 2.12. The van der Waals surface area contributed by atoms with Crippen LogP contribution in [-0.4, -0.2) is 0 Å². The van der Waals surface area contributed by atoms with Crippen molar-refractivity contribution >= 4 is 5.57 Å². The maximum atomic E-state index is 3.23. The Bertz CT molecular complexity index is 392. The van der Waals surface area contributed by atoms with E-state index in [1.54, 1.807) is 0 Å². The van der Waals surface area contributed by atoms with Crippen LogP contribution < -0.4 is 0 Å². The molecule has 0 aromatic heterocycles. The Kier molecular flexibility index (Phi) is 2.08. The highest BCUT2D eigenvalue weighted by molar-refractivity contribution is 5.75. The lowest BCUT2D eigenvalue weighted by atomic mass is 9.98. The minimum atomic E-state index is 1.17. The predicted octanol–water partition coefficient (Wildman–Crippen LogP) is 3.31. The molecule has 1 aromatic carbocycles. The van der Waals surface area contributed by atoms with E-state index < -0.39 is 0 Å². The second kappa shape index (κ2) is 3.38. The van der Waals surface area contributed by atoms with E-state index >= 15 is 0 Å². The van der Waals surface area contributed by atoms with Crippen molar-refractivity contribution in [1.29, 1.82) is 0 Å². The van der Waals surface area contributed by atoms with Crippen LogP contribution in [0, 0.1) is 13.0 Å². The molecule has 62 valence electrons. The molecular weight excluding hydrogens is 156 g/mol. The maximum absolute atomic E-state index is 3.23. The average Bonchev–Trinajstić information content (AvgIpc) is 2.20. The summed E-state index contributed by atoms with van der Waals surface area (Å²) in [5.41, 5.74) is 3.73. The minimum absolute atomic E-state index is 1.17. The highest BCUT2D eigenvalue weighted by atomic mass is 14.0. The molecule has 0 fully saturated rings. The van der Waals surface area contributed by atoms with Gasteiger partial charge in [0.2, 0.25) is 0 Å². The zero-order valence-electron chi connectivity index (χ0n) is 7.62. The van der Waals surface area contributed by atoms with Gasteiger partial charge in [0.1, 0.15) is 0 Å².